The molecule has 0 saturated heterocycles. The smallest absolute Gasteiger partial charge is 0.0271 e. The van der Waals surface area contributed by atoms with Crippen molar-refractivity contribution in [3.63, 3.8) is 0 Å². The molecule has 2 nitrogen and oxygen atoms in total. The lowest BCUT2D eigenvalue weighted by atomic mass is 9.86. The largest absolute Gasteiger partial charge is 0.315 e. The lowest BCUT2D eigenvalue weighted by Crippen LogP contribution is -2.53. The van der Waals surface area contributed by atoms with Gasteiger partial charge in [0.25, 0.3) is 0 Å². The Morgan fingerprint density at radius 2 is 1.88 bits per heavy atom. The van der Waals surface area contributed by atoms with E-state index < -0.39 is 0 Å². The van der Waals surface area contributed by atoms with Gasteiger partial charge in [-0.25, -0.2) is 0 Å². The highest BCUT2D eigenvalue weighted by Gasteiger charge is 2.44. The predicted octanol–water partition coefficient (Wildman–Crippen LogP) is 2.88. The van der Waals surface area contributed by atoms with Gasteiger partial charge in [-0.15, -0.1) is 0 Å². The minimum Gasteiger partial charge on any atom is -0.315 e. The SMILES string of the molecule is CNC1C(N(CC2CC2)C(C)C)CCC1(C)C. The van der Waals surface area contributed by atoms with Crippen molar-refractivity contribution in [2.45, 2.75) is 71.5 Å². The molecule has 2 saturated carbocycles. The topological polar surface area (TPSA) is 15.3 Å². The van der Waals surface area contributed by atoms with Crippen molar-refractivity contribution in [2.75, 3.05) is 13.6 Å². The number of rotatable bonds is 5. The van der Waals surface area contributed by atoms with Crippen LogP contribution in [0, 0.1) is 11.3 Å². The summed E-state index contributed by atoms with van der Waals surface area (Å²) in [5, 5.41) is 3.59. The van der Waals surface area contributed by atoms with Gasteiger partial charge in [-0.1, -0.05) is 13.8 Å². The summed E-state index contributed by atoms with van der Waals surface area (Å²) >= 11 is 0. The molecule has 17 heavy (non-hydrogen) atoms. The summed E-state index contributed by atoms with van der Waals surface area (Å²) in [6.45, 7) is 10.9. The van der Waals surface area contributed by atoms with Gasteiger partial charge in [-0.3, -0.25) is 4.90 Å². The molecular weight excluding hydrogens is 208 g/mol. The predicted molar refractivity (Wildman–Crippen MR) is 74.2 cm³/mol. The summed E-state index contributed by atoms with van der Waals surface area (Å²) in [5.74, 6) is 0.999. The number of hydrogen-bond donors (Lipinski definition) is 1. The molecule has 100 valence electrons. The van der Waals surface area contributed by atoms with Crippen LogP contribution in [0.2, 0.25) is 0 Å². The minimum atomic E-state index is 0.454. The Labute approximate surface area is 107 Å². The Morgan fingerprint density at radius 3 is 2.35 bits per heavy atom. The first-order chi connectivity index (χ1) is 7.95. The molecule has 0 amide bonds. The Balaban J connectivity index is 2.06. The summed E-state index contributed by atoms with van der Waals surface area (Å²) in [5.41, 5.74) is 0.454. The van der Waals surface area contributed by atoms with Crippen molar-refractivity contribution in [2.24, 2.45) is 11.3 Å². The van der Waals surface area contributed by atoms with E-state index in [4.69, 9.17) is 0 Å². The van der Waals surface area contributed by atoms with Gasteiger partial charge in [0.1, 0.15) is 0 Å². The molecule has 0 aliphatic heterocycles. The van der Waals surface area contributed by atoms with Crippen LogP contribution in [0.3, 0.4) is 0 Å². The first-order valence-electron chi connectivity index (χ1n) is 7.38. The fourth-order valence-electron chi connectivity index (χ4n) is 3.63. The molecular formula is C15H30N2. The third-order valence-electron chi connectivity index (χ3n) is 4.88. The average Bonchev–Trinajstić information content (AvgIpc) is 2.99. The van der Waals surface area contributed by atoms with Crippen molar-refractivity contribution >= 4 is 0 Å². The van der Waals surface area contributed by atoms with Crippen LogP contribution in [0.25, 0.3) is 0 Å². The van der Waals surface area contributed by atoms with Crippen molar-refractivity contribution in [3.8, 4) is 0 Å². The standard InChI is InChI=1S/C15H30N2/c1-11(2)17(10-12-6-7-12)13-8-9-15(3,4)14(13)16-5/h11-14,16H,6-10H2,1-5H3. The maximum atomic E-state index is 3.59. The molecule has 0 spiro atoms. The second kappa shape index (κ2) is 4.89. The normalized spacial score (nSPS) is 32.6. The van der Waals surface area contributed by atoms with Crippen LogP contribution in [0.4, 0.5) is 0 Å². The Morgan fingerprint density at radius 1 is 1.24 bits per heavy atom. The van der Waals surface area contributed by atoms with E-state index in [1.165, 1.54) is 32.2 Å². The summed E-state index contributed by atoms with van der Waals surface area (Å²) in [6.07, 6.45) is 5.65. The van der Waals surface area contributed by atoms with Crippen molar-refractivity contribution in [3.05, 3.63) is 0 Å². The van der Waals surface area contributed by atoms with Crippen molar-refractivity contribution < 1.29 is 0 Å². The molecule has 2 heteroatoms. The second-order valence-electron chi connectivity index (χ2n) is 7.09. The summed E-state index contributed by atoms with van der Waals surface area (Å²) in [4.78, 5) is 2.77. The number of nitrogens with one attached hydrogen (secondary N) is 1. The van der Waals surface area contributed by atoms with E-state index in [0.717, 1.165) is 12.0 Å². The van der Waals surface area contributed by atoms with Gasteiger partial charge in [-0.05, 0) is 57.9 Å². The number of hydrogen-bond acceptors (Lipinski definition) is 2. The molecule has 2 aliphatic carbocycles. The monoisotopic (exact) mass is 238 g/mol. The van der Waals surface area contributed by atoms with Crippen LogP contribution in [-0.2, 0) is 0 Å². The van der Waals surface area contributed by atoms with Crippen LogP contribution in [0.5, 0.6) is 0 Å². The highest BCUT2D eigenvalue weighted by atomic mass is 15.2. The van der Waals surface area contributed by atoms with Gasteiger partial charge >= 0.3 is 0 Å². The molecule has 0 radical (unpaired) electrons. The molecule has 0 aromatic rings. The van der Waals surface area contributed by atoms with Crippen LogP contribution < -0.4 is 5.32 Å². The van der Waals surface area contributed by atoms with Gasteiger partial charge in [-0.2, -0.15) is 0 Å². The molecule has 2 atom stereocenters. The van der Waals surface area contributed by atoms with E-state index in [0.29, 0.717) is 17.5 Å². The summed E-state index contributed by atoms with van der Waals surface area (Å²) in [6, 6.07) is 2.09. The maximum Gasteiger partial charge on any atom is 0.0271 e. The molecule has 2 fully saturated rings. The average molecular weight is 238 g/mol. The fraction of sp³-hybridized carbons (Fsp3) is 1.00. The third-order valence-corrected chi connectivity index (χ3v) is 4.88. The zero-order valence-corrected chi connectivity index (χ0v) is 12.3. The van der Waals surface area contributed by atoms with Gasteiger partial charge in [0.05, 0.1) is 0 Å². The molecule has 0 bridgehead atoms. The van der Waals surface area contributed by atoms with Gasteiger partial charge in [0, 0.05) is 24.7 Å². The van der Waals surface area contributed by atoms with E-state index in [9.17, 15) is 0 Å². The van der Waals surface area contributed by atoms with Crippen molar-refractivity contribution in [1.82, 2.24) is 10.2 Å². The van der Waals surface area contributed by atoms with Gasteiger partial charge in [0.15, 0.2) is 0 Å². The van der Waals surface area contributed by atoms with Crippen LogP contribution in [0.1, 0.15) is 53.4 Å². The van der Waals surface area contributed by atoms with Crippen LogP contribution >= 0.6 is 0 Å². The summed E-state index contributed by atoms with van der Waals surface area (Å²) in [7, 11) is 2.14. The fourth-order valence-corrected chi connectivity index (χ4v) is 3.63. The van der Waals surface area contributed by atoms with Gasteiger partial charge in [0.2, 0.25) is 0 Å². The molecule has 0 heterocycles. The highest BCUT2D eigenvalue weighted by Crippen LogP contribution is 2.41. The quantitative estimate of drug-likeness (QED) is 0.792. The zero-order chi connectivity index (χ0) is 12.6. The Bertz CT molecular complexity index is 256. The second-order valence-corrected chi connectivity index (χ2v) is 7.09. The van der Waals surface area contributed by atoms with E-state index in [2.05, 4.69) is 45.0 Å². The molecule has 0 aromatic heterocycles. The maximum absolute atomic E-state index is 3.59. The highest BCUT2D eigenvalue weighted by molar-refractivity contribution is 5.01. The molecule has 1 N–H and O–H groups in total. The first-order valence-corrected chi connectivity index (χ1v) is 7.38. The summed E-state index contributed by atoms with van der Waals surface area (Å²) < 4.78 is 0. The lowest BCUT2D eigenvalue weighted by Gasteiger charge is -2.39. The number of likely N-dealkylation sites (N-methyl/N-ethyl adjacent to an activating group) is 1. The first kappa shape index (κ1) is 13.4. The Kier molecular flexibility index (Phi) is 3.84. The third kappa shape index (κ3) is 2.85. The zero-order valence-electron chi connectivity index (χ0n) is 12.3. The Hall–Kier alpha value is -0.0800. The van der Waals surface area contributed by atoms with E-state index in [1.807, 2.05) is 0 Å². The lowest BCUT2D eigenvalue weighted by molar-refractivity contribution is 0.111. The van der Waals surface area contributed by atoms with E-state index >= 15 is 0 Å². The van der Waals surface area contributed by atoms with Crippen molar-refractivity contribution in [1.29, 1.82) is 0 Å². The molecule has 2 unspecified atom stereocenters. The minimum absolute atomic E-state index is 0.454. The molecule has 2 rings (SSSR count). The van der Waals surface area contributed by atoms with Crippen LogP contribution in [-0.4, -0.2) is 36.6 Å². The molecule has 0 aromatic carbocycles. The van der Waals surface area contributed by atoms with Gasteiger partial charge < -0.3 is 5.32 Å². The van der Waals surface area contributed by atoms with E-state index in [-0.39, 0.29) is 0 Å². The van der Waals surface area contributed by atoms with E-state index in [1.54, 1.807) is 0 Å². The van der Waals surface area contributed by atoms with Crippen LogP contribution in [0.15, 0.2) is 0 Å². The number of nitrogens with zero attached hydrogens (tertiary/aromatic N) is 1. The molecule has 2 aliphatic rings.